The molecule has 5 amide bonds. The Labute approximate surface area is 252 Å². The van der Waals surface area contributed by atoms with Crippen LogP contribution in [0, 0.1) is 5.92 Å². The molecule has 2 aromatic carbocycles. The SMILES string of the molecule is CC(C)C[C@H]1NC(=O)C[C@@H](C(=O)NCc2cccc(CN3CCCC3=O)c2)NC(=O)c2ccccc2OCCN(C)C1=O. The van der Waals surface area contributed by atoms with Gasteiger partial charge in [-0.2, -0.15) is 0 Å². The third kappa shape index (κ3) is 8.79. The highest BCUT2D eigenvalue weighted by molar-refractivity contribution is 6.01. The fourth-order valence-electron chi connectivity index (χ4n) is 5.27. The molecule has 43 heavy (non-hydrogen) atoms. The average Bonchev–Trinajstić information content (AvgIpc) is 3.38. The summed E-state index contributed by atoms with van der Waals surface area (Å²) in [5, 5.41) is 8.32. The second-order valence-corrected chi connectivity index (χ2v) is 11.5. The van der Waals surface area contributed by atoms with Crippen LogP contribution >= 0.6 is 0 Å². The summed E-state index contributed by atoms with van der Waals surface area (Å²) in [7, 11) is 1.64. The molecule has 0 saturated carbocycles. The van der Waals surface area contributed by atoms with E-state index >= 15 is 0 Å². The van der Waals surface area contributed by atoms with Gasteiger partial charge < -0.3 is 30.5 Å². The zero-order valence-corrected chi connectivity index (χ0v) is 25.1. The first-order valence-electron chi connectivity index (χ1n) is 14.8. The van der Waals surface area contributed by atoms with Crippen molar-refractivity contribution in [3.8, 4) is 5.75 Å². The van der Waals surface area contributed by atoms with Gasteiger partial charge in [0.2, 0.25) is 23.6 Å². The number of likely N-dealkylation sites (N-methyl/N-ethyl adjacent to an activating group) is 1. The van der Waals surface area contributed by atoms with Gasteiger partial charge in [0.1, 0.15) is 24.4 Å². The normalized spacial score (nSPS) is 20.2. The van der Waals surface area contributed by atoms with Crippen LogP contribution in [0.3, 0.4) is 0 Å². The number of carbonyl (C=O) groups is 5. The smallest absolute Gasteiger partial charge is 0.255 e. The first-order chi connectivity index (χ1) is 20.6. The maximum Gasteiger partial charge on any atom is 0.255 e. The lowest BCUT2D eigenvalue weighted by atomic mass is 10.0. The van der Waals surface area contributed by atoms with Crippen LogP contribution in [0.5, 0.6) is 5.75 Å². The van der Waals surface area contributed by atoms with Crippen molar-refractivity contribution in [2.24, 2.45) is 5.92 Å². The van der Waals surface area contributed by atoms with Gasteiger partial charge in [0.15, 0.2) is 0 Å². The molecule has 3 N–H and O–H groups in total. The van der Waals surface area contributed by atoms with Crippen molar-refractivity contribution in [2.75, 3.05) is 26.7 Å². The summed E-state index contributed by atoms with van der Waals surface area (Å²) >= 11 is 0. The van der Waals surface area contributed by atoms with E-state index in [2.05, 4.69) is 16.0 Å². The van der Waals surface area contributed by atoms with Crippen molar-refractivity contribution >= 4 is 29.5 Å². The predicted octanol–water partition coefficient (Wildman–Crippen LogP) is 2.00. The van der Waals surface area contributed by atoms with Crippen molar-refractivity contribution in [2.45, 2.75) is 64.7 Å². The highest BCUT2D eigenvalue weighted by Crippen LogP contribution is 2.19. The number of benzene rings is 2. The average molecular weight is 592 g/mol. The monoisotopic (exact) mass is 591 g/mol. The van der Waals surface area contributed by atoms with Crippen LogP contribution in [0.25, 0.3) is 0 Å². The van der Waals surface area contributed by atoms with Crippen LogP contribution in [-0.4, -0.2) is 78.2 Å². The third-order valence-electron chi connectivity index (χ3n) is 7.55. The molecule has 0 aliphatic carbocycles. The van der Waals surface area contributed by atoms with Gasteiger partial charge >= 0.3 is 0 Å². The van der Waals surface area contributed by atoms with Crippen LogP contribution in [0.15, 0.2) is 48.5 Å². The van der Waals surface area contributed by atoms with Gasteiger partial charge in [0, 0.05) is 33.1 Å². The summed E-state index contributed by atoms with van der Waals surface area (Å²) in [6.07, 6.45) is 1.48. The fraction of sp³-hybridized carbons (Fsp3) is 0.469. The van der Waals surface area contributed by atoms with E-state index in [1.165, 1.54) is 4.90 Å². The van der Waals surface area contributed by atoms with E-state index in [1.54, 1.807) is 31.3 Å². The van der Waals surface area contributed by atoms with Crippen molar-refractivity contribution in [3.63, 3.8) is 0 Å². The molecule has 2 aliphatic heterocycles. The molecule has 2 aliphatic rings. The summed E-state index contributed by atoms with van der Waals surface area (Å²) < 4.78 is 5.86. The lowest BCUT2D eigenvalue weighted by Crippen LogP contribution is -2.53. The Morgan fingerprint density at radius 2 is 1.79 bits per heavy atom. The minimum absolute atomic E-state index is 0.128. The molecule has 0 aromatic heterocycles. The molecule has 230 valence electrons. The molecule has 1 saturated heterocycles. The standard InChI is InChI=1S/C32H41N5O6/c1-21(2)16-26-32(42)36(3)14-15-43-27-11-5-4-10-24(27)30(40)35-25(18-28(38)34-26)31(41)33-19-22-8-6-9-23(17-22)20-37-13-7-12-29(37)39/h4-6,8-11,17,21,25-26H,7,12-16,18-20H2,1-3H3,(H,33,41)(H,34,38)(H,35,40)/t25-,26+/m0/s1. The summed E-state index contributed by atoms with van der Waals surface area (Å²) in [5.74, 6) is -1.30. The van der Waals surface area contributed by atoms with E-state index in [9.17, 15) is 24.0 Å². The Morgan fingerprint density at radius 3 is 2.53 bits per heavy atom. The number of amides is 5. The minimum atomic E-state index is -1.21. The molecule has 2 heterocycles. The number of rotatable bonds is 7. The number of para-hydroxylation sites is 1. The Kier molecular flexibility index (Phi) is 10.7. The number of nitrogens with one attached hydrogen (secondary N) is 3. The van der Waals surface area contributed by atoms with Crippen LogP contribution in [0.1, 0.15) is 61.0 Å². The zero-order valence-electron chi connectivity index (χ0n) is 25.1. The van der Waals surface area contributed by atoms with Crippen molar-refractivity contribution in [1.29, 1.82) is 0 Å². The maximum absolute atomic E-state index is 13.4. The van der Waals surface area contributed by atoms with Gasteiger partial charge in [0.25, 0.3) is 5.91 Å². The Morgan fingerprint density at radius 1 is 1.02 bits per heavy atom. The van der Waals surface area contributed by atoms with Crippen molar-refractivity contribution in [3.05, 3.63) is 65.2 Å². The lowest BCUT2D eigenvalue weighted by Gasteiger charge is -2.27. The summed E-state index contributed by atoms with van der Waals surface area (Å²) in [6, 6.07) is 12.2. The number of hydrogen-bond donors (Lipinski definition) is 3. The molecule has 0 radical (unpaired) electrons. The Balaban J connectivity index is 1.52. The summed E-state index contributed by atoms with van der Waals surface area (Å²) in [4.78, 5) is 68.5. The molecule has 0 unspecified atom stereocenters. The quantitative estimate of drug-likeness (QED) is 0.451. The zero-order chi connectivity index (χ0) is 30.9. The summed E-state index contributed by atoms with van der Waals surface area (Å²) in [6.45, 7) is 5.72. The molecular formula is C32H41N5O6. The number of fused-ring (bicyclic) bond motifs is 1. The van der Waals surface area contributed by atoms with Gasteiger partial charge in [-0.25, -0.2) is 0 Å². The Hall–Kier alpha value is -4.41. The summed E-state index contributed by atoms with van der Waals surface area (Å²) in [5.41, 5.74) is 1.99. The van der Waals surface area contributed by atoms with Gasteiger partial charge in [-0.05, 0) is 42.0 Å². The number of hydrogen-bond acceptors (Lipinski definition) is 6. The number of nitrogens with zero attached hydrogens (tertiary/aromatic N) is 2. The van der Waals surface area contributed by atoms with E-state index in [1.807, 2.05) is 43.0 Å². The fourth-order valence-corrected chi connectivity index (χ4v) is 5.27. The van der Waals surface area contributed by atoms with Crippen LogP contribution in [0.4, 0.5) is 0 Å². The lowest BCUT2D eigenvalue weighted by molar-refractivity contribution is -0.136. The molecular weight excluding hydrogens is 550 g/mol. The van der Waals surface area contributed by atoms with E-state index < -0.39 is 29.8 Å². The second-order valence-electron chi connectivity index (χ2n) is 11.5. The molecule has 11 nitrogen and oxygen atoms in total. The molecule has 1 fully saturated rings. The Bertz CT molecular complexity index is 1350. The first-order valence-corrected chi connectivity index (χ1v) is 14.8. The second kappa shape index (κ2) is 14.7. The molecule has 11 heteroatoms. The highest BCUT2D eigenvalue weighted by Gasteiger charge is 2.30. The molecule has 2 aromatic rings. The van der Waals surface area contributed by atoms with E-state index in [0.717, 1.165) is 24.1 Å². The number of carbonyl (C=O) groups excluding carboxylic acids is 5. The van der Waals surface area contributed by atoms with Crippen molar-refractivity contribution < 1.29 is 28.7 Å². The molecule has 4 rings (SSSR count). The minimum Gasteiger partial charge on any atom is -0.491 e. The number of likely N-dealkylation sites (tertiary alicyclic amines) is 1. The molecule has 0 bridgehead atoms. The van der Waals surface area contributed by atoms with E-state index in [0.29, 0.717) is 25.1 Å². The molecule has 2 atom stereocenters. The maximum atomic E-state index is 13.4. The number of ether oxygens (including phenoxy) is 1. The van der Waals surface area contributed by atoms with Gasteiger partial charge in [0.05, 0.1) is 18.5 Å². The van der Waals surface area contributed by atoms with Gasteiger partial charge in [-0.1, -0.05) is 50.2 Å². The first kappa shape index (κ1) is 31.5. The predicted molar refractivity (Wildman–Crippen MR) is 160 cm³/mol. The van der Waals surface area contributed by atoms with Crippen molar-refractivity contribution in [1.82, 2.24) is 25.8 Å². The van der Waals surface area contributed by atoms with Gasteiger partial charge in [-0.15, -0.1) is 0 Å². The van der Waals surface area contributed by atoms with Gasteiger partial charge in [-0.3, -0.25) is 24.0 Å². The third-order valence-corrected chi connectivity index (χ3v) is 7.55. The van der Waals surface area contributed by atoms with Crippen LogP contribution < -0.4 is 20.7 Å². The van der Waals surface area contributed by atoms with E-state index in [4.69, 9.17) is 4.74 Å². The highest BCUT2D eigenvalue weighted by atomic mass is 16.5. The van der Waals surface area contributed by atoms with Crippen LogP contribution in [-0.2, 0) is 32.3 Å². The largest absolute Gasteiger partial charge is 0.491 e. The topological polar surface area (TPSA) is 137 Å². The van der Waals surface area contributed by atoms with Crippen LogP contribution in [0.2, 0.25) is 0 Å². The van der Waals surface area contributed by atoms with E-state index in [-0.39, 0.29) is 49.4 Å². The molecule has 0 spiro atoms.